The lowest BCUT2D eigenvalue weighted by molar-refractivity contribution is -0.387. The van der Waals surface area contributed by atoms with E-state index in [1.807, 2.05) is 0 Å². The Kier molecular flexibility index (Phi) is 5.54. The first-order chi connectivity index (χ1) is 12.4. The fourth-order valence-corrected chi connectivity index (χ4v) is 5.17. The van der Waals surface area contributed by atoms with E-state index in [4.69, 9.17) is 0 Å². The van der Waals surface area contributed by atoms with Crippen molar-refractivity contribution < 1.29 is 18.1 Å². The Morgan fingerprint density at radius 3 is 2.54 bits per heavy atom. The summed E-state index contributed by atoms with van der Waals surface area (Å²) < 4.78 is 28.2. The number of amides is 1. The third-order valence-electron chi connectivity index (χ3n) is 4.99. The number of nitro groups is 1. The van der Waals surface area contributed by atoms with Crippen LogP contribution >= 0.6 is 0 Å². The number of nitro benzene ring substituents is 1. The second-order valence-electron chi connectivity index (χ2n) is 6.67. The van der Waals surface area contributed by atoms with Crippen LogP contribution in [-0.4, -0.2) is 44.4 Å². The van der Waals surface area contributed by atoms with Gasteiger partial charge in [-0.15, -0.1) is 0 Å². The van der Waals surface area contributed by atoms with Crippen LogP contribution in [0.5, 0.6) is 0 Å². The summed E-state index contributed by atoms with van der Waals surface area (Å²) in [5.74, 6) is 0.0774. The Morgan fingerprint density at radius 2 is 1.85 bits per heavy atom. The minimum atomic E-state index is -4.08. The van der Waals surface area contributed by atoms with Gasteiger partial charge in [0.25, 0.3) is 5.69 Å². The van der Waals surface area contributed by atoms with Crippen molar-refractivity contribution in [3.8, 4) is 0 Å². The molecular formula is C16H22N4O5S. The van der Waals surface area contributed by atoms with Crippen molar-refractivity contribution in [2.45, 2.75) is 42.7 Å². The quantitative estimate of drug-likeness (QED) is 0.503. The van der Waals surface area contributed by atoms with Gasteiger partial charge < -0.3 is 10.6 Å². The Hall–Kier alpha value is -2.04. The van der Waals surface area contributed by atoms with Crippen LogP contribution in [0, 0.1) is 16.0 Å². The maximum absolute atomic E-state index is 12.8. The lowest BCUT2D eigenvalue weighted by Gasteiger charge is -2.39. The van der Waals surface area contributed by atoms with Crippen molar-refractivity contribution in [3.05, 3.63) is 34.4 Å². The van der Waals surface area contributed by atoms with Crippen molar-refractivity contribution in [2.24, 2.45) is 5.92 Å². The first-order valence-corrected chi connectivity index (χ1v) is 10.1. The molecule has 1 aromatic rings. The van der Waals surface area contributed by atoms with E-state index >= 15 is 0 Å². The van der Waals surface area contributed by atoms with Crippen LogP contribution in [0.25, 0.3) is 0 Å². The molecule has 0 spiro atoms. The van der Waals surface area contributed by atoms with Crippen molar-refractivity contribution >= 4 is 21.6 Å². The Morgan fingerprint density at radius 1 is 1.15 bits per heavy atom. The third kappa shape index (κ3) is 4.02. The second kappa shape index (κ2) is 7.68. The van der Waals surface area contributed by atoms with E-state index in [-0.39, 0.29) is 29.2 Å². The first-order valence-electron chi connectivity index (χ1n) is 8.64. The summed E-state index contributed by atoms with van der Waals surface area (Å²) in [7, 11) is -4.08. The molecule has 10 heteroatoms. The lowest BCUT2D eigenvalue weighted by Crippen LogP contribution is -2.59. The van der Waals surface area contributed by atoms with Gasteiger partial charge in [0, 0.05) is 24.6 Å². The van der Waals surface area contributed by atoms with Gasteiger partial charge in [-0.2, -0.15) is 0 Å². The molecule has 26 heavy (non-hydrogen) atoms. The fraction of sp³-hybridized carbons (Fsp3) is 0.562. The van der Waals surface area contributed by atoms with Gasteiger partial charge >= 0.3 is 0 Å². The topological polar surface area (TPSA) is 130 Å². The average molecular weight is 382 g/mol. The number of hydrogen-bond donors (Lipinski definition) is 3. The van der Waals surface area contributed by atoms with Crippen molar-refractivity contribution in [1.82, 2.24) is 15.4 Å². The number of para-hydroxylation sites is 1. The highest BCUT2D eigenvalue weighted by Gasteiger charge is 2.38. The predicted octanol–water partition coefficient (Wildman–Crippen LogP) is 0.520. The highest BCUT2D eigenvalue weighted by atomic mass is 32.2. The number of carbonyl (C=O) groups is 1. The Bertz CT molecular complexity index is 792. The summed E-state index contributed by atoms with van der Waals surface area (Å²) in [6.07, 6.45) is 2.29. The van der Waals surface area contributed by atoms with E-state index in [0.717, 1.165) is 25.9 Å². The molecule has 3 rings (SSSR count). The van der Waals surface area contributed by atoms with Crippen molar-refractivity contribution in [3.63, 3.8) is 0 Å². The van der Waals surface area contributed by atoms with Crippen LogP contribution in [0.15, 0.2) is 29.2 Å². The molecular weight excluding hydrogens is 360 g/mol. The molecule has 3 N–H and O–H groups in total. The minimum Gasteiger partial charge on any atom is -0.351 e. The van der Waals surface area contributed by atoms with E-state index in [1.54, 1.807) is 0 Å². The average Bonchev–Trinajstić information content (AvgIpc) is 2.64. The Balaban J connectivity index is 1.85. The number of hydrogen-bond acceptors (Lipinski definition) is 6. The molecule has 0 radical (unpaired) electrons. The number of rotatable bonds is 5. The number of carbonyl (C=O) groups excluding carboxylic acids is 1. The van der Waals surface area contributed by atoms with E-state index in [9.17, 15) is 23.3 Å². The molecule has 2 aliphatic heterocycles. The largest absolute Gasteiger partial charge is 0.351 e. The Labute approximate surface area is 151 Å². The SMILES string of the molecule is O=C1CC[C@@H](NS(=O)(=O)c2ccccc2[N+](=O)[O-])[C@H](C2CCNCC2)N1. The molecule has 2 saturated heterocycles. The van der Waals surface area contributed by atoms with E-state index in [0.29, 0.717) is 6.42 Å². The van der Waals surface area contributed by atoms with Gasteiger partial charge in [-0.3, -0.25) is 14.9 Å². The van der Waals surface area contributed by atoms with Crippen LogP contribution < -0.4 is 15.4 Å². The molecule has 9 nitrogen and oxygen atoms in total. The molecule has 1 amide bonds. The summed E-state index contributed by atoms with van der Waals surface area (Å²) in [6.45, 7) is 1.64. The molecule has 2 fully saturated rings. The molecule has 1 aromatic carbocycles. The number of nitrogens with one attached hydrogen (secondary N) is 3. The van der Waals surface area contributed by atoms with Crippen molar-refractivity contribution in [1.29, 1.82) is 0 Å². The van der Waals surface area contributed by atoms with Gasteiger partial charge in [0.15, 0.2) is 4.90 Å². The summed E-state index contributed by atoms with van der Waals surface area (Å²) in [5, 5.41) is 17.3. The van der Waals surface area contributed by atoms with Gasteiger partial charge in [0.2, 0.25) is 15.9 Å². The molecule has 0 aromatic heterocycles. The fourth-order valence-electron chi connectivity index (χ4n) is 3.70. The van der Waals surface area contributed by atoms with Crippen LogP contribution in [-0.2, 0) is 14.8 Å². The summed E-state index contributed by atoms with van der Waals surface area (Å²) in [5.41, 5.74) is -0.460. The van der Waals surface area contributed by atoms with Gasteiger partial charge in [-0.25, -0.2) is 13.1 Å². The summed E-state index contributed by atoms with van der Waals surface area (Å²) >= 11 is 0. The summed E-state index contributed by atoms with van der Waals surface area (Å²) in [4.78, 5) is 21.9. The molecule has 2 atom stereocenters. The van der Waals surface area contributed by atoms with Crippen LogP contribution in [0.4, 0.5) is 5.69 Å². The van der Waals surface area contributed by atoms with E-state index in [2.05, 4.69) is 15.4 Å². The van der Waals surface area contributed by atoms with E-state index in [1.165, 1.54) is 24.3 Å². The van der Waals surface area contributed by atoms with Crippen LogP contribution in [0.2, 0.25) is 0 Å². The number of piperidine rings is 2. The zero-order chi connectivity index (χ0) is 18.7. The number of nitrogens with zero attached hydrogens (tertiary/aromatic N) is 1. The molecule has 142 valence electrons. The van der Waals surface area contributed by atoms with Crippen LogP contribution in [0.3, 0.4) is 0 Å². The van der Waals surface area contributed by atoms with Gasteiger partial charge in [0.05, 0.1) is 4.92 Å². The standard InChI is InChI=1S/C16H22N4O5S/c21-15-6-5-12(16(18-15)11-7-9-17-10-8-11)19-26(24,25)14-4-2-1-3-13(14)20(22)23/h1-4,11-12,16-17,19H,5-10H2,(H,18,21)/t12-,16+/m1/s1. The summed E-state index contributed by atoms with van der Waals surface area (Å²) in [6, 6.07) is 4.48. The number of sulfonamides is 1. The van der Waals surface area contributed by atoms with Gasteiger partial charge in [-0.1, -0.05) is 12.1 Å². The molecule has 2 aliphatic rings. The highest BCUT2D eigenvalue weighted by molar-refractivity contribution is 7.89. The zero-order valence-corrected chi connectivity index (χ0v) is 15.0. The maximum atomic E-state index is 12.8. The first kappa shape index (κ1) is 18.7. The zero-order valence-electron chi connectivity index (χ0n) is 14.2. The smallest absolute Gasteiger partial charge is 0.289 e. The molecule has 0 bridgehead atoms. The van der Waals surface area contributed by atoms with Crippen molar-refractivity contribution in [2.75, 3.05) is 13.1 Å². The van der Waals surface area contributed by atoms with Crippen LogP contribution in [0.1, 0.15) is 25.7 Å². The predicted molar refractivity (Wildman–Crippen MR) is 94.0 cm³/mol. The van der Waals surface area contributed by atoms with E-state index < -0.39 is 26.7 Å². The minimum absolute atomic E-state index is 0.0883. The molecule has 2 heterocycles. The molecule has 0 saturated carbocycles. The van der Waals surface area contributed by atoms with Gasteiger partial charge in [0.1, 0.15) is 0 Å². The third-order valence-corrected chi connectivity index (χ3v) is 6.53. The normalized spacial score (nSPS) is 24.8. The molecule has 0 unspecified atom stereocenters. The van der Waals surface area contributed by atoms with Gasteiger partial charge in [-0.05, 0) is 44.3 Å². The highest BCUT2D eigenvalue weighted by Crippen LogP contribution is 2.27. The lowest BCUT2D eigenvalue weighted by atomic mass is 9.83. The molecule has 0 aliphatic carbocycles. The number of benzene rings is 1. The maximum Gasteiger partial charge on any atom is 0.289 e. The monoisotopic (exact) mass is 382 g/mol. The second-order valence-corrected chi connectivity index (χ2v) is 8.35.